The highest BCUT2D eigenvalue weighted by Gasteiger charge is 2.28. The molecule has 2 heterocycles. The second-order valence-corrected chi connectivity index (χ2v) is 5.78. The molecule has 3 rings (SSSR count). The highest BCUT2D eigenvalue weighted by atomic mass is 35.5. The van der Waals surface area contributed by atoms with E-state index in [0.717, 1.165) is 18.5 Å². The number of pyridine rings is 1. The van der Waals surface area contributed by atoms with Gasteiger partial charge in [0.05, 0.1) is 10.6 Å². The Hall–Kier alpha value is -2.06. The van der Waals surface area contributed by atoms with E-state index in [4.69, 9.17) is 11.6 Å². The molecule has 0 aliphatic heterocycles. The monoisotopic (exact) mass is 324 g/mol. The number of anilines is 1. The van der Waals surface area contributed by atoms with Gasteiger partial charge >= 0.3 is 5.69 Å². The van der Waals surface area contributed by atoms with E-state index in [1.54, 1.807) is 0 Å². The molecule has 0 spiro atoms. The van der Waals surface area contributed by atoms with Gasteiger partial charge < -0.3 is 0 Å². The number of nitrogens with one attached hydrogen (secondary N) is 1. The second kappa shape index (κ2) is 5.38. The zero-order valence-electron chi connectivity index (χ0n) is 10.6. The first-order valence-electron chi connectivity index (χ1n) is 6.12. The number of halogens is 1. The number of nitro groups is 1. The average Bonchev–Trinajstić information content (AvgIpc) is 3.19. The number of carbonyl (C=O) groups is 1. The smallest absolute Gasteiger partial charge is 0.298 e. The Kier molecular flexibility index (Phi) is 3.56. The number of thiazole rings is 1. The highest BCUT2D eigenvalue weighted by Crippen LogP contribution is 2.41. The quantitative estimate of drug-likeness (QED) is 0.529. The summed E-state index contributed by atoms with van der Waals surface area (Å²) >= 11 is 6.98. The number of carbonyl (C=O) groups excluding carboxylic acids is 1. The Bertz CT molecular complexity index is 729. The Balaban J connectivity index is 1.84. The normalized spacial score (nSPS) is 14.0. The van der Waals surface area contributed by atoms with Crippen LogP contribution < -0.4 is 5.32 Å². The van der Waals surface area contributed by atoms with Crippen LogP contribution in [0.4, 0.5) is 10.8 Å². The lowest BCUT2D eigenvalue weighted by molar-refractivity contribution is -0.385. The summed E-state index contributed by atoms with van der Waals surface area (Å²) < 4.78 is 0. The van der Waals surface area contributed by atoms with Gasteiger partial charge in [-0.2, -0.15) is 0 Å². The number of amides is 1. The minimum absolute atomic E-state index is 0.136. The lowest BCUT2D eigenvalue weighted by Crippen LogP contribution is -2.14. The second-order valence-electron chi connectivity index (χ2n) is 4.56. The lowest BCUT2D eigenvalue weighted by Gasteiger charge is -2.03. The molecule has 0 aromatic carbocycles. The number of rotatable bonds is 4. The summed E-state index contributed by atoms with van der Waals surface area (Å²) in [5.74, 6) is -0.140. The predicted octanol–water partition coefficient (Wildman–Crippen LogP) is 3.23. The topological polar surface area (TPSA) is 98.0 Å². The van der Waals surface area contributed by atoms with Gasteiger partial charge in [0.25, 0.3) is 5.91 Å². The fourth-order valence-electron chi connectivity index (χ4n) is 1.86. The van der Waals surface area contributed by atoms with E-state index in [-0.39, 0.29) is 10.7 Å². The maximum atomic E-state index is 12.2. The molecule has 0 saturated heterocycles. The molecule has 1 fully saturated rings. The van der Waals surface area contributed by atoms with Crippen molar-refractivity contribution in [2.24, 2.45) is 0 Å². The van der Waals surface area contributed by atoms with Crippen LogP contribution in [0.1, 0.15) is 34.8 Å². The fraction of sp³-hybridized carbons (Fsp3) is 0.250. The number of aromatic nitrogens is 2. The van der Waals surface area contributed by atoms with Gasteiger partial charge in [0.15, 0.2) is 5.13 Å². The summed E-state index contributed by atoms with van der Waals surface area (Å²) in [5, 5.41) is 15.5. The summed E-state index contributed by atoms with van der Waals surface area (Å²) in [5.41, 5.74) is 0.316. The van der Waals surface area contributed by atoms with Crippen LogP contribution in [0.3, 0.4) is 0 Å². The van der Waals surface area contributed by atoms with Crippen molar-refractivity contribution in [1.82, 2.24) is 9.97 Å². The average molecular weight is 325 g/mol. The van der Waals surface area contributed by atoms with Crippen molar-refractivity contribution in [1.29, 1.82) is 0 Å². The van der Waals surface area contributed by atoms with E-state index in [0.29, 0.717) is 11.0 Å². The van der Waals surface area contributed by atoms with Crippen LogP contribution in [0.15, 0.2) is 17.6 Å². The molecule has 1 aliphatic rings. The van der Waals surface area contributed by atoms with Gasteiger partial charge in [-0.25, -0.2) is 9.97 Å². The maximum Gasteiger partial charge on any atom is 0.319 e. The van der Waals surface area contributed by atoms with E-state index < -0.39 is 16.5 Å². The minimum Gasteiger partial charge on any atom is -0.298 e. The largest absolute Gasteiger partial charge is 0.319 e. The van der Waals surface area contributed by atoms with E-state index in [1.807, 2.05) is 5.38 Å². The lowest BCUT2D eigenvalue weighted by atomic mass is 10.2. The van der Waals surface area contributed by atoms with Crippen LogP contribution in [-0.4, -0.2) is 20.8 Å². The molecule has 0 bridgehead atoms. The molecule has 0 atom stereocenters. The Labute approximate surface area is 128 Å². The molecule has 0 radical (unpaired) electrons. The van der Waals surface area contributed by atoms with Gasteiger partial charge in [0.1, 0.15) is 5.56 Å². The summed E-state index contributed by atoms with van der Waals surface area (Å²) in [6.07, 6.45) is 3.48. The third kappa shape index (κ3) is 2.86. The van der Waals surface area contributed by atoms with Crippen molar-refractivity contribution in [3.05, 3.63) is 44.2 Å². The first-order chi connectivity index (χ1) is 10.1. The summed E-state index contributed by atoms with van der Waals surface area (Å²) in [6, 6.07) is 1.26. The van der Waals surface area contributed by atoms with Crippen molar-refractivity contribution < 1.29 is 9.72 Å². The van der Waals surface area contributed by atoms with Gasteiger partial charge in [-0.1, -0.05) is 11.6 Å². The van der Waals surface area contributed by atoms with E-state index in [2.05, 4.69) is 15.3 Å². The number of hydrogen-bond acceptors (Lipinski definition) is 6. The van der Waals surface area contributed by atoms with Crippen LogP contribution in [0.25, 0.3) is 0 Å². The number of nitrogens with zero attached hydrogens (tertiary/aromatic N) is 3. The molecule has 1 N–H and O–H groups in total. The molecule has 2 aromatic heterocycles. The van der Waals surface area contributed by atoms with Crippen molar-refractivity contribution in [3.8, 4) is 0 Å². The molecule has 7 nitrogen and oxygen atoms in total. The minimum atomic E-state index is -0.721. The Morgan fingerprint density at radius 2 is 2.29 bits per heavy atom. The SMILES string of the molecule is O=C(Nc1nc(C2CC2)cs1)c1ccnc(Cl)c1[N+](=O)[O-]. The molecule has 2 aromatic rings. The number of hydrogen-bond donors (Lipinski definition) is 1. The Morgan fingerprint density at radius 1 is 1.52 bits per heavy atom. The summed E-state index contributed by atoms with van der Waals surface area (Å²) in [7, 11) is 0. The standard InChI is InChI=1S/C12H9ClN4O3S/c13-10-9(17(19)20)7(3-4-14-10)11(18)16-12-15-8(5-21-12)6-1-2-6/h3-6H,1-2H2,(H,15,16,18). The van der Waals surface area contributed by atoms with E-state index in [1.165, 1.54) is 23.6 Å². The van der Waals surface area contributed by atoms with Crippen LogP contribution in [-0.2, 0) is 0 Å². The third-order valence-electron chi connectivity index (χ3n) is 3.04. The predicted molar refractivity (Wildman–Crippen MR) is 77.9 cm³/mol. The molecule has 108 valence electrons. The Morgan fingerprint density at radius 3 is 2.95 bits per heavy atom. The van der Waals surface area contributed by atoms with Crippen LogP contribution in [0.5, 0.6) is 0 Å². The van der Waals surface area contributed by atoms with Crippen LogP contribution >= 0.6 is 22.9 Å². The highest BCUT2D eigenvalue weighted by molar-refractivity contribution is 7.14. The zero-order chi connectivity index (χ0) is 15.0. The molecule has 1 aliphatic carbocycles. The summed E-state index contributed by atoms with van der Waals surface area (Å²) in [6.45, 7) is 0. The zero-order valence-corrected chi connectivity index (χ0v) is 12.1. The first-order valence-corrected chi connectivity index (χ1v) is 7.37. The van der Waals surface area contributed by atoms with Gasteiger partial charge in [0.2, 0.25) is 5.15 Å². The molecule has 9 heteroatoms. The van der Waals surface area contributed by atoms with Gasteiger partial charge in [-0.05, 0) is 18.9 Å². The first kappa shape index (κ1) is 13.9. The van der Waals surface area contributed by atoms with Crippen LogP contribution in [0.2, 0.25) is 5.15 Å². The molecular weight excluding hydrogens is 316 g/mol. The third-order valence-corrected chi connectivity index (χ3v) is 4.10. The fourth-order valence-corrected chi connectivity index (χ4v) is 2.87. The van der Waals surface area contributed by atoms with Gasteiger partial charge in [-0.15, -0.1) is 11.3 Å². The van der Waals surface area contributed by atoms with Gasteiger partial charge in [-0.3, -0.25) is 20.2 Å². The molecule has 0 unspecified atom stereocenters. The van der Waals surface area contributed by atoms with E-state index >= 15 is 0 Å². The van der Waals surface area contributed by atoms with Crippen LogP contribution in [0, 0.1) is 10.1 Å². The molecule has 1 amide bonds. The van der Waals surface area contributed by atoms with Crippen molar-refractivity contribution in [2.75, 3.05) is 5.32 Å². The van der Waals surface area contributed by atoms with Crippen molar-refractivity contribution in [3.63, 3.8) is 0 Å². The molecule has 1 saturated carbocycles. The maximum absolute atomic E-state index is 12.2. The summed E-state index contributed by atoms with van der Waals surface area (Å²) in [4.78, 5) is 30.3. The van der Waals surface area contributed by atoms with E-state index in [9.17, 15) is 14.9 Å². The molecular formula is C12H9ClN4O3S. The van der Waals surface area contributed by atoms with Gasteiger partial charge in [0, 0.05) is 17.5 Å². The van der Waals surface area contributed by atoms with Crippen molar-refractivity contribution in [2.45, 2.75) is 18.8 Å². The van der Waals surface area contributed by atoms with Crippen molar-refractivity contribution >= 4 is 39.7 Å². The molecule has 21 heavy (non-hydrogen) atoms.